The van der Waals surface area contributed by atoms with Crippen molar-refractivity contribution in [3.63, 3.8) is 0 Å². The Bertz CT molecular complexity index is 1510. The molecule has 1 amide bonds. The van der Waals surface area contributed by atoms with Crippen LogP contribution >= 0.6 is 15.9 Å². The normalized spacial score (nSPS) is 14.2. The van der Waals surface area contributed by atoms with Crippen LogP contribution in [0.5, 0.6) is 5.75 Å². The quantitative estimate of drug-likeness (QED) is 0.366. The fraction of sp³-hybridized carbons (Fsp3) is 0.115. The molecule has 5 rings (SSSR count). The smallest absolute Gasteiger partial charge is 0.266 e. The molecule has 4 aromatic rings. The van der Waals surface area contributed by atoms with Crippen LogP contribution < -0.4 is 15.2 Å². The van der Waals surface area contributed by atoms with Gasteiger partial charge in [0.1, 0.15) is 11.6 Å². The number of benzene rings is 3. The van der Waals surface area contributed by atoms with Gasteiger partial charge < -0.3 is 9.64 Å². The molecule has 0 saturated carbocycles. The van der Waals surface area contributed by atoms with Gasteiger partial charge in [0, 0.05) is 16.6 Å². The predicted octanol–water partition coefficient (Wildman–Crippen LogP) is 5.06. The van der Waals surface area contributed by atoms with E-state index in [0.29, 0.717) is 40.3 Å². The Balaban J connectivity index is 1.84. The number of ether oxygens (including phenoxy) is 1. The summed E-state index contributed by atoms with van der Waals surface area (Å²) in [6.45, 7) is 2.47. The van der Waals surface area contributed by atoms with Crippen molar-refractivity contribution in [1.82, 2.24) is 9.55 Å². The van der Waals surface area contributed by atoms with E-state index in [-0.39, 0.29) is 11.5 Å². The Morgan fingerprint density at radius 1 is 1.00 bits per heavy atom. The summed E-state index contributed by atoms with van der Waals surface area (Å²) in [6, 6.07) is 20.2. The van der Waals surface area contributed by atoms with Crippen LogP contribution in [0.2, 0.25) is 0 Å². The van der Waals surface area contributed by atoms with E-state index in [4.69, 9.17) is 9.72 Å². The highest BCUT2D eigenvalue weighted by Gasteiger charge is 2.32. The third kappa shape index (κ3) is 3.45. The maximum absolute atomic E-state index is 13.6. The second kappa shape index (κ2) is 8.33. The number of para-hydroxylation sites is 3. The first-order chi connectivity index (χ1) is 16.0. The summed E-state index contributed by atoms with van der Waals surface area (Å²) < 4.78 is 7.90. The molecule has 0 atom stereocenters. The van der Waals surface area contributed by atoms with Gasteiger partial charge in [0.05, 0.1) is 35.0 Å². The lowest BCUT2D eigenvalue weighted by molar-refractivity contribution is -0.112. The topological polar surface area (TPSA) is 64.4 Å². The van der Waals surface area contributed by atoms with Crippen molar-refractivity contribution in [2.24, 2.45) is 0 Å². The summed E-state index contributed by atoms with van der Waals surface area (Å²) >= 11 is 3.51. The Labute approximate surface area is 198 Å². The molecule has 0 aliphatic carbocycles. The summed E-state index contributed by atoms with van der Waals surface area (Å²) in [5.41, 5.74) is 3.01. The molecule has 1 aromatic heterocycles. The molecule has 0 radical (unpaired) electrons. The average molecular weight is 502 g/mol. The van der Waals surface area contributed by atoms with Crippen LogP contribution in [0.3, 0.4) is 0 Å². The third-order valence-electron chi connectivity index (χ3n) is 5.73. The van der Waals surface area contributed by atoms with Crippen molar-refractivity contribution in [3.8, 4) is 11.4 Å². The average Bonchev–Trinajstić information content (AvgIpc) is 3.09. The molecule has 0 N–H and O–H groups in total. The number of hydrogen-bond acceptors (Lipinski definition) is 4. The van der Waals surface area contributed by atoms with Crippen LogP contribution in [0.4, 0.5) is 5.69 Å². The van der Waals surface area contributed by atoms with Crippen LogP contribution in [-0.4, -0.2) is 29.1 Å². The molecule has 164 valence electrons. The lowest BCUT2D eigenvalue weighted by Gasteiger charge is -2.15. The number of nitrogens with zero attached hydrogens (tertiary/aromatic N) is 3. The fourth-order valence-electron chi connectivity index (χ4n) is 4.21. The minimum atomic E-state index is -0.232. The van der Waals surface area contributed by atoms with Gasteiger partial charge in [0.25, 0.3) is 11.5 Å². The van der Waals surface area contributed by atoms with Gasteiger partial charge >= 0.3 is 0 Å². The van der Waals surface area contributed by atoms with Crippen LogP contribution in [0.25, 0.3) is 28.2 Å². The Kier molecular flexibility index (Phi) is 5.34. The Hall–Kier alpha value is -3.71. The van der Waals surface area contributed by atoms with Crippen molar-refractivity contribution in [2.45, 2.75) is 6.92 Å². The summed E-state index contributed by atoms with van der Waals surface area (Å²) in [6.07, 6.45) is 1.70. The number of aromatic nitrogens is 2. The number of hydrogen-bond donors (Lipinski definition) is 0. The second-order valence-corrected chi connectivity index (χ2v) is 8.48. The SMILES string of the molecule is CCN1C(=O)/C(=C\c2nc3ccccc3c(=O)n2-c2ccccc2OC)c2cc(Br)ccc21. The molecule has 1 aliphatic rings. The van der Waals surface area contributed by atoms with Gasteiger partial charge in [-0.25, -0.2) is 4.98 Å². The van der Waals surface area contributed by atoms with Crippen molar-refractivity contribution in [3.05, 3.63) is 92.9 Å². The predicted molar refractivity (Wildman–Crippen MR) is 134 cm³/mol. The maximum atomic E-state index is 13.6. The van der Waals surface area contributed by atoms with Gasteiger partial charge in [-0.15, -0.1) is 0 Å². The van der Waals surface area contributed by atoms with Crippen LogP contribution in [0, 0.1) is 0 Å². The minimum Gasteiger partial charge on any atom is -0.495 e. The van der Waals surface area contributed by atoms with Crippen LogP contribution in [-0.2, 0) is 4.79 Å². The molecule has 6 nitrogen and oxygen atoms in total. The number of amides is 1. The van der Waals surface area contributed by atoms with Crippen molar-refractivity contribution in [1.29, 1.82) is 0 Å². The van der Waals surface area contributed by atoms with E-state index in [2.05, 4.69) is 15.9 Å². The van der Waals surface area contributed by atoms with Gasteiger partial charge in [0.2, 0.25) is 0 Å². The van der Waals surface area contributed by atoms with E-state index >= 15 is 0 Å². The number of carbonyl (C=O) groups is 1. The summed E-state index contributed by atoms with van der Waals surface area (Å²) in [4.78, 5) is 33.5. The molecular weight excluding hydrogens is 482 g/mol. The van der Waals surface area contributed by atoms with E-state index < -0.39 is 0 Å². The standard InChI is InChI=1S/C26H20BrN3O3/c1-3-29-21-13-12-16(27)14-18(21)19(25(29)31)15-24-28-20-9-5-4-8-17(20)26(32)30(24)22-10-6-7-11-23(22)33-2/h4-15H,3H2,1-2H3/b19-15-. The van der Waals surface area contributed by atoms with Gasteiger partial charge in [0.15, 0.2) is 0 Å². The molecule has 3 aromatic carbocycles. The lowest BCUT2D eigenvalue weighted by Crippen LogP contribution is -2.26. The fourth-order valence-corrected chi connectivity index (χ4v) is 4.57. The minimum absolute atomic E-state index is 0.125. The van der Waals surface area contributed by atoms with Crippen molar-refractivity contribution < 1.29 is 9.53 Å². The van der Waals surface area contributed by atoms with Gasteiger partial charge in [-0.2, -0.15) is 0 Å². The number of likely N-dealkylation sites (N-methyl/N-ethyl adjacent to an activating group) is 1. The summed E-state index contributed by atoms with van der Waals surface area (Å²) in [5.74, 6) is 0.766. The molecule has 0 bridgehead atoms. The molecule has 0 spiro atoms. The first-order valence-corrected chi connectivity index (χ1v) is 11.3. The van der Waals surface area contributed by atoms with Crippen LogP contribution in [0.15, 0.2) is 76.0 Å². The number of rotatable bonds is 4. The molecular formula is C26H20BrN3O3. The lowest BCUT2D eigenvalue weighted by atomic mass is 10.1. The second-order valence-electron chi connectivity index (χ2n) is 7.57. The van der Waals surface area contributed by atoms with E-state index in [9.17, 15) is 9.59 Å². The van der Waals surface area contributed by atoms with Gasteiger partial charge in [-0.3, -0.25) is 14.2 Å². The van der Waals surface area contributed by atoms with Crippen LogP contribution in [0.1, 0.15) is 18.3 Å². The zero-order chi connectivity index (χ0) is 23.1. The molecule has 33 heavy (non-hydrogen) atoms. The molecule has 0 unspecified atom stereocenters. The summed E-state index contributed by atoms with van der Waals surface area (Å²) in [7, 11) is 1.56. The molecule has 0 saturated heterocycles. The largest absolute Gasteiger partial charge is 0.495 e. The highest BCUT2D eigenvalue weighted by Crippen LogP contribution is 2.39. The highest BCUT2D eigenvalue weighted by molar-refractivity contribution is 9.10. The Morgan fingerprint density at radius 2 is 1.76 bits per heavy atom. The molecule has 2 heterocycles. The monoisotopic (exact) mass is 501 g/mol. The zero-order valence-electron chi connectivity index (χ0n) is 18.1. The van der Waals surface area contributed by atoms with E-state index in [1.807, 2.05) is 49.4 Å². The maximum Gasteiger partial charge on any atom is 0.266 e. The number of methoxy groups -OCH3 is 1. The number of anilines is 1. The first-order valence-electron chi connectivity index (χ1n) is 10.5. The zero-order valence-corrected chi connectivity index (χ0v) is 19.7. The van der Waals surface area contributed by atoms with E-state index in [0.717, 1.165) is 15.7 Å². The first kappa shape index (κ1) is 21.2. The van der Waals surface area contributed by atoms with Crippen molar-refractivity contribution >= 4 is 50.1 Å². The molecule has 7 heteroatoms. The molecule has 1 aliphatic heterocycles. The van der Waals surface area contributed by atoms with E-state index in [1.165, 1.54) is 4.57 Å². The van der Waals surface area contributed by atoms with Gasteiger partial charge in [-0.05, 0) is 55.5 Å². The van der Waals surface area contributed by atoms with Crippen molar-refractivity contribution in [2.75, 3.05) is 18.6 Å². The summed E-state index contributed by atoms with van der Waals surface area (Å²) in [5, 5.41) is 0.488. The molecule has 0 fully saturated rings. The number of carbonyl (C=O) groups excluding carboxylic acids is 1. The number of fused-ring (bicyclic) bond motifs is 2. The third-order valence-corrected chi connectivity index (χ3v) is 6.23. The highest BCUT2D eigenvalue weighted by atomic mass is 79.9. The Morgan fingerprint density at radius 3 is 2.55 bits per heavy atom. The van der Waals surface area contributed by atoms with Gasteiger partial charge in [-0.1, -0.05) is 40.2 Å². The number of halogens is 1. The van der Waals surface area contributed by atoms with E-state index in [1.54, 1.807) is 42.4 Å².